The summed E-state index contributed by atoms with van der Waals surface area (Å²) in [7, 11) is 0. The molecule has 0 bridgehead atoms. The molecule has 0 radical (unpaired) electrons. The van der Waals surface area contributed by atoms with Crippen molar-refractivity contribution in [1.82, 2.24) is 4.98 Å². The van der Waals surface area contributed by atoms with E-state index in [1.54, 1.807) is 18.2 Å². The first kappa shape index (κ1) is 19.0. The van der Waals surface area contributed by atoms with Crippen LogP contribution in [0.3, 0.4) is 0 Å². The van der Waals surface area contributed by atoms with Gasteiger partial charge >= 0.3 is 5.97 Å². The van der Waals surface area contributed by atoms with Crippen LogP contribution in [0.1, 0.15) is 54.2 Å². The fraction of sp³-hybridized carbons (Fsp3) is 0.316. The van der Waals surface area contributed by atoms with E-state index in [2.05, 4.69) is 10.3 Å². The second kappa shape index (κ2) is 7.70. The molecule has 1 heterocycles. The average Bonchev–Trinajstić information content (AvgIpc) is 2.55. The van der Waals surface area contributed by atoms with Crippen molar-refractivity contribution >= 4 is 29.3 Å². The van der Waals surface area contributed by atoms with Crippen molar-refractivity contribution in [3.05, 3.63) is 53.3 Å². The molecular weight excluding hydrogens is 336 g/mol. The van der Waals surface area contributed by atoms with Gasteiger partial charge in [-0.15, -0.1) is 11.8 Å². The molecule has 0 aliphatic heterocycles. The second-order valence-corrected chi connectivity index (χ2v) is 7.87. The number of carboxylic acid groups (broad SMARTS) is 1. The van der Waals surface area contributed by atoms with Gasteiger partial charge in [0.1, 0.15) is 5.69 Å². The predicted octanol–water partition coefficient (Wildman–Crippen LogP) is 4.44. The number of carbonyl (C=O) groups excluding carboxylic acids is 1. The van der Waals surface area contributed by atoms with E-state index in [4.69, 9.17) is 5.11 Å². The van der Waals surface area contributed by atoms with Gasteiger partial charge in [0, 0.05) is 16.0 Å². The van der Waals surface area contributed by atoms with Crippen molar-refractivity contribution in [2.24, 2.45) is 0 Å². The molecule has 0 saturated heterocycles. The molecule has 1 aromatic heterocycles. The van der Waals surface area contributed by atoms with Crippen molar-refractivity contribution in [2.75, 3.05) is 11.1 Å². The maximum atomic E-state index is 12.6. The van der Waals surface area contributed by atoms with Gasteiger partial charge in [0.25, 0.3) is 5.91 Å². The van der Waals surface area contributed by atoms with E-state index in [-0.39, 0.29) is 16.9 Å². The molecule has 0 atom stereocenters. The molecular formula is C19H22N2O3S. The number of hydrogen-bond donors (Lipinski definition) is 2. The number of anilines is 1. The lowest BCUT2D eigenvalue weighted by Gasteiger charge is -2.18. The highest BCUT2D eigenvalue weighted by atomic mass is 32.2. The number of hydrogen-bond acceptors (Lipinski definition) is 4. The summed E-state index contributed by atoms with van der Waals surface area (Å²) in [6, 6.07) is 10.1. The number of aromatic nitrogens is 1. The van der Waals surface area contributed by atoms with E-state index in [9.17, 15) is 9.59 Å². The average molecular weight is 358 g/mol. The molecule has 0 fully saturated rings. The van der Waals surface area contributed by atoms with Crippen molar-refractivity contribution in [1.29, 1.82) is 0 Å². The van der Waals surface area contributed by atoms with Crippen LogP contribution in [0.2, 0.25) is 0 Å². The number of benzene rings is 1. The van der Waals surface area contributed by atoms with Gasteiger partial charge in [0.15, 0.2) is 0 Å². The topological polar surface area (TPSA) is 79.3 Å². The predicted molar refractivity (Wildman–Crippen MR) is 101 cm³/mol. The van der Waals surface area contributed by atoms with Crippen LogP contribution in [0.4, 0.5) is 5.69 Å². The molecule has 5 nitrogen and oxygen atoms in total. The molecule has 0 unspecified atom stereocenters. The second-order valence-electron chi connectivity index (χ2n) is 6.56. The summed E-state index contributed by atoms with van der Waals surface area (Å²) >= 11 is 1.48. The third kappa shape index (κ3) is 4.82. The number of thioether (sulfide) groups is 1. The molecule has 0 aliphatic carbocycles. The highest BCUT2D eigenvalue weighted by Gasteiger charge is 2.18. The van der Waals surface area contributed by atoms with E-state index in [1.807, 2.05) is 39.8 Å². The fourth-order valence-corrected chi connectivity index (χ4v) is 2.99. The first-order chi connectivity index (χ1) is 11.7. The van der Waals surface area contributed by atoms with E-state index < -0.39 is 5.97 Å². The zero-order valence-corrected chi connectivity index (χ0v) is 15.6. The van der Waals surface area contributed by atoms with E-state index in [0.29, 0.717) is 11.4 Å². The quantitative estimate of drug-likeness (QED) is 0.772. The van der Waals surface area contributed by atoms with Gasteiger partial charge in [0.2, 0.25) is 0 Å². The van der Waals surface area contributed by atoms with Crippen LogP contribution in [0.15, 0.2) is 41.3 Å². The minimum atomic E-state index is -0.990. The lowest BCUT2D eigenvalue weighted by molar-refractivity contribution is 0.0696. The minimum Gasteiger partial charge on any atom is -0.478 e. The fourth-order valence-electron chi connectivity index (χ4n) is 2.20. The monoisotopic (exact) mass is 358 g/mol. The highest BCUT2D eigenvalue weighted by Crippen LogP contribution is 2.29. The summed E-state index contributed by atoms with van der Waals surface area (Å²) in [5.74, 6) is -0.536. The zero-order valence-electron chi connectivity index (χ0n) is 14.8. The number of nitrogens with zero attached hydrogens (tertiary/aromatic N) is 1. The van der Waals surface area contributed by atoms with Crippen LogP contribution in [0.25, 0.3) is 0 Å². The Morgan fingerprint density at radius 1 is 1.20 bits per heavy atom. The van der Waals surface area contributed by atoms with Gasteiger partial charge in [-0.05, 0) is 36.1 Å². The van der Waals surface area contributed by atoms with Crippen molar-refractivity contribution in [3.8, 4) is 0 Å². The summed E-state index contributed by atoms with van der Waals surface area (Å²) in [6.07, 6.45) is 0. The smallest absolute Gasteiger partial charge is 0.335 e. The molecule has 2 rings (SSSR count). The van der Waals surface area contributed by atoms with Gasteiger partial charge < -0.3 is 10.4 Å². The Hall–Kier alpha value is -2.34. The summed E-state index contributed by atoms with van der Waals surface area (Å²) in [4.78, 5) is 28.9. The van der Waals surface area contributed by atoms with Gasteiger partial charge in [-0.3, -0.25) is 4.79 Å². The number of aromatic carboxylic acids is 1. The van der Waals surface area contributed by atoms with E-state index >= 15 is 0 Å². The van der Waals surface area contributed by atoms with Crippen molar-refractivity contribution in [2.45, 2.75) is 38.0 Å². The number of rotatable bonds is 5. The molecule has 0 aliphatic rings. The number of carboxylic acids is 1. The van der Waals surface area contributed by atoms with Gasteiger partial charge in [-0.1, -0.05) is 33.8 Å². The van der Waals surface area contributed by atoms with E-state index in [0.717, 1.165) is 16.3 Å². The third-order valence-electron chi connectivity index (χ3n) is 3.53. The lowest BCUT2D eigenvalue weighted by atomic mass is 9.91. The summed E-state index contributed by atoms with van der Waals surface area (Å²) in [5.41, 5.74) is 1.81. The molecule has 1 aromatic carbocycles. The van der Waals surface area contributed by atoms with Crippen molar-refractivity contribution < 1.29 is 14.7 Å². The molecule has 132 valence electrons. The van der Waals surface area contributed by atoms with Crippen LogP contribution >= 0.6 is 11.8 Å². The van der Waals surface area contributed by atoms with Gasteiger partial charge in [-0.2, -0.15) is 0 Å². The molecule has 0 saturated carbocycles. The highest BCUT2D eigenvalue weighted by molar-refractivity contribution is 7.99. The number of amides is 1. The molecule has 1 amide bonds. The Bertz CT molecular complexity index is 797. The maximum Gasteiger partial charge on any atom is 0.335 e. The normalized spacial score (nSPS) is 11.2. The lowest BCUT2D eigenvalue weighted by Crippen LogP contribution is -2.19. The van der Waals surface area contributed by atoms with Crippen LogP contribution in [-0.4, -0.2) is 27.7 Å². The minimum absolute atomic E-state index is 0.150. The largest absolute Gasteiger partial charge is 0.478 e. The standard InChI is InChI=1S/C19H22N2O3S/c1-5-25-15-11-12(18(23)24)9-10-13(15)21-17(22)14-7-6-8-16(20-14)19(2,3)4/h6-11H,5H2,1-4H3,(H,21,22)(H,23,24). The molecule has 0 spiro atoms. The Labute approximate surface area is 151 Å². The van der Waals surface area contributed by atoms with Gasteiger partial charge in [0.05, 0.1) is 11.3 Å². The summed E-state index contributed by atoms with van der Waals surface area (Å²) < 4.78 is 0. The third-order valence-corrected chi connectivity index (χ3v) is 4.46. The molecule has 25 heavy (non-hydrogen) atoms. The molecule has 2 N–H and O–H groups in total. The van der Waals surface area contributed by atoms with Crippen LogP contribution in [0, 0.1) is 0 Å². The number of carbonyl (C=O) groups is 2. The number of nitrogens with one attached hydrogen (secondary N) is 1. The first-order valence-electron chi connectivity index (χ1n) is 8.01. The van der Waals surface area contributed by atoms with Crippen LogP contribution in [-0.2, 0) is 5.41 Å². The zero-order chi connectivity index (χ0) is 18.6. The van der Waals surface area contributed by atoms with Crippen LogP contribution in [0.5, 0.6) is 0 Å². The Balaban J connectivity index is 2.30. The number of pyridine rings is 1. The summed E-state index contributed by atoms with van der Waals surface area (Å²) in [6.45, 7) is 8.09. The summed E-state index contributed by atoms with van der Waals surface area (Å²) in [5, 5.41) is 12.0. The molecule has 2 aromatic rings. The maximum absolute atomic E-state index is 12.6. The van der Waals surface area contributed by atoms with Crippen LogP contribution < -0.4 is 5.32 Å². The Morgan fingerprint density at radius 3 is 2.52 bits per heavy atom. The van der Waals surface area contributed by atoms with Crippen molar-refractivity contribution in [3.63, 3.8) is 0 Å². The Kier molecular flexibility index (Phi) is 5.85. The van der Waals surface area contributed by atoms with Gasteiger partial charge in [-0.25, -0.2) is 9.78 Å². The first-order valence-corrected chi connectivity index (χ1v) is 9.00. The Morgan fingerprint density at radius 2 is 1.92 bits per heavy atom. The SMILES string of the molecule is CCSc1cc(C(=O)O)ccc1NC(=O)c1cccc(C(C)(C)C)n1. The van der Waals surface area contributed by atoms with E-state index in [1.165, 1.54) is 17.8 Å². The molecule has 6 heteroatoms.